The van der Waals surface area contributed by atoms with Crippen LogP contribution in [0.15, 0.2) is 24.3 Å². The van der Waals surface area contributed by atoms with Crippen molar-refractivity contribution in [2.24, 2.45) is 0 Å². The van der Waals surface area contributed by atoms with E-state index in [4.69, 9.17) is 20.1 Å². The molecule has 1 rings (SSSR count). The van der Waals surface area contributed by atoms with E-state index in [2.05, 4.69) is 0 Å². The van der Waals surface area contributed by atoms with Crippen molar-refractivity contribution in [3.63, 3.8) is 0 Å². The van der Waals surface area contributed by atoms with Crippen LogP contribution < -0.4 is 0 Å². The lowest BCUT2D eigenvalue weighted by Gasteiger charge is -2.08. The molecule has 1 atom stereocenters. The van der Waals surface area contributed by atoms with Crippen molar-refractivity contribution in [1.29, 1.82) is 0 Å². The number of carbonyl (C=O) groups is 1. The van der Waals surface area contributed by atoms with Crippen molar-refractivity contribution in [2.45, 2.75) is 6.10 Å². The van der Waals surface area contributed by atoms with Crippen LogP contribution in [0, 0.1) is 0 Å². The van der Waals surface area contributed by atoms with Gasteiger partial charge in [-0.05, 0) is 24.3 Å². The molecule has 0 fully saturated rings. The van der Waals surface area contributed by atoms with E-state index in [-0.39, 0.29) is 17.9 Å². The molecule has 3 N–H and O–H groups in total. The highest BCUT2D eigenvalue weighted by atomic mass is 16.5. The molecule has 0 radical (unpaired) electrons. The van der Waals surface area contributed by atoms with Gasteiger partial charge in [0, 0.05) is 0 Å². The number of esters is 1. The summed E-state index contributed by atoms with van der Waals surface area (Å²) in [7, 11) is 0. The average molecular weight is 212 g/mol. The van der Waals surface area contributed by atoms with Crippen LogP contribution in [0.2, 0.25) is 0 Å². The summed E-state index contributed by atoms with van der Waals surface area (Å²) in [5, 5.41) is 26.4. The van der Waals surface area contributed by atoms with Crippen LogP contribution in [0.25, 0.3) is 0 Å². The molecule has 82 valence electrons. The van der Waals surface area contributed by atoms with E-state index in [0.717, 1.165) is 0 Å². The molecule has 1 aromatic rings. The third-order valence-electron chi connectivity index (χ3n) is 1.72. The molecule has 5 nitrogen and oxygen atoms in total. The molecule has 0 aliphatic carbocycles. The van der Waals surface area contributed by atoms with Gasteiger partial charge in [0.2, 0.25) is 0 Å². The monoisotopic (exact) mass is 212 g/mol. The molecule has 0 amide bonds. The first-order chi connectivity index (χ1) is 7.13. The maximum absolute atomic E-state index is 11.3. The lowest BCUT2D eigenvalue weighted by Crippen LogP contribution is -2.21. The molecular weight excluding hydrogens is 200 g/mol. The Kier molecular flexibility index (Phi) is 4.08. The Morgan fingerprint density at radius 2 is 1.93 bits per heavy atom. The van der Waals surface area contributed by atoms with Gasteiger partial charge in [0.1, 0.15) is 18.5 Å². The Morgan fingerprint density at radius 3 is 2.47 bits per heavy atom. The van der Waals surface area contributed by atoms with Gasteiger partial charge < -0.3 is 20.1 Å². The van der Waals surface area contributed by atoms with Crippen LogP contribution in [0.1, 0.15) is 10.4 Å². The molecule has 0 aliphatic heterocycles. The number of ether oxygens (including phenoxy) is 1. The van der Waals surface area contributed by atoms with Crippen molar-refractivity contribution < 1.29 is 24.9 Å². The topological polar surface area (TPSA) is 87.0 Å². The number of rotatable bonds is 4. The number of carbonyl (C=O) groups excluding carboxylic acids is 1. The van der Waals surface area contributed by atoms with Gasteiger partial charge in [-0.2, -0.15) is 0 Å². The van der Waals surface area contributed by atoms with Crippen molar-refractivity contribution >= 4 is 5.97 Å². The van der Waals surface area contributed by atoms with Crippen molar-refractivity contribution in [1.82, 2.24) is 0 Å². The number of hydrogen-bond donors (Lipinski definition) is 3. The molecule has 0 aromatic heterocycles. The van der Waals surface area contributed by atoms with Crippen molar-refractivity contribution in [2.75, 3.05) is 13.2 Å². The SMILES string of the molecule is O=C(OCC(O)CO)c1ccc(O)cc1. The summed E-state index contributed by atoms with van der Waals surface area (Å²) in [5.41, 5.74) is 0.276. The molecule has 0 aliphatic rings. The van der Waals surface area contributed by atoms with Crippen LogP contribution in [-0.4, -0.2) is 40.6 Å². The molecule has 0 spiro atoms. The van der Waals surface area contributed by atoms with Crippen LogP contribution >= 0.6 is 0 Å². The molecule has 1 aromatic carbocycles. The second-order valence-electron chi connectivity index (χ2n) is 2.98. The Morgan fingerprint density at radius 1 is 1.33 bits per heavy atom. The average Bonchev–Trinajstić information content (AvgIpc) is 2.26. The summed E-state index contributed by atoms with van der Waals surface area (Å²) in [6, 6.07) is 5.53. The van der Waals surface area contributed by atoms with Gasteiger partial charge in [0.05, 0.1) is 12.2 Å². The van der Waals surface area contributed by atoms with Crippen LogP contribution in [0.5, 0.6) is 5.75 Å². The van der Waals surface area contributed by atoms with Gasteiger partial charge >= 0.3 is 5.97 Å². The quantitative estimate of drug-likeness (QED) is 0.607. The number of phenolic OH excluding ortho intramolecular Hbond substituents is 1. The number of hydrogen-bond acceptors (Lipinski definition) is 5. The lowest BCUT2D eigenvalue weighted by molar-refractivity contribution is 0.00933. The van der Waals surface area contributed by atoms with Gasteiger partial charge in [-0.15, -0.1) is 0 Å². The van der Waals surface area contributed by atoms with E-state index < -0.39 is 18.7 Å². The molecule has 1 unspecified atom stereocenters. The standard InChI is InChI=1S/C10H12O5/c11-5-9(13)6-15-10(14)7-1-3-8(12)4-2-7/h1-4,9,11-13H,5-6H2. The second-order valence-corrected chi connectivity index (χ2v) is 2.98. The van der Waals surface area contributed by atoms with Gasteiger partial charge in [0.15, 0.2) is 0 Å². The zero-order valence-corrected chi connectivity index (χ0v) is 7.96. The fourth-order valence-electron chi connectivity index (χ4n) is 0.905. The predicted octanol–water partition coefficient (Wildman–Crippen LogP) is -0.0978. The summed E-state index contributed by atoms with van der Waals surface area (Å²) in [6.45, 7) is -0.709. The predicted molar refractivity (Wildman–Crippen MR) is 51.5 cm³/mol. The Bertz CT molecular complexity index is 319. The minimum atomic E-state index is -1.06. The first-order valence-electron chi connectivity index (χ1n) is 4.38. The van der Waals surface area contributed by atoms with Gasteiger partial charge in [-0.1, -0.05) is 0 Å². The Balaban J connectivity index is 2.50. The summed E-state index contributed by atoms with van der Waals surface area (Å²) < 4.78 is 4.69. The highest BCUT2D eigenvalue weighted by molar-refractivity contribution is 5.89. The number of aromatic hydroxyl groups is 1. The summed E-state index contributed by atoms with van der Waals surface area (Å²) in [5.74, 6) is -0.551. The normalized spacial score (nSPS) is 12.1. The molecular formula is C10H12O5. The zero-order chi connectivity index (χ0) is 11.3. The van der Waals surface area contributed by atoms with Crippen molar-refractivity contribution in [3.05, 3.63) is 29.8 Å². The molecule has 0 saturated heterocycles. The fourth-order valence-corrected chi connectivity index (χ4v) is 0.905. The van der Waals surface area contributed by atoms with E-state index in [0.29, 0.717) is 0 Å². The third kappa shape index (κ3) is 3.57. The van der Waals surface area contributed by atoms with Gasteiger partial charge in [-0.3, -0.25) is 0 Å². The molecule has 0 saturated carbocycles. The van der Waals surface area contributed by atoms with Crippen LogP contribution in [0.3, 0.4) is 0 Å². The lowest BCUT2D eigenvalue weighted by atomic mass is 10.2. The fraction of sp³-hybridized carbons (Fsp3) is 0.300. The van der Waals surface area contributed by atoms with E-state index in [9.17, 15) is 4.79 Å². The molecule has 15 heavy (non-hydrogen) atoms. The number of phenols is 1. The largest absolute Gasteiger partial charge is 0.508 e. The Hall–Kier alpha value is -1.59. The maximum Gasteiger partial charge on any atom is 0.338 e. The van der Waals surface area contributed by atoms with E-state index in [1.54, 1.807) is 0 Å². The smallest absolute Gasteiger partial charge is 0.338 e. The summed E-state index contributed by atoms with van der Waals surface area (Å²) in [6.07, 6.45) is -1.06. The first-order valence-corrected chi connectivity index (χ1v) is 4.38. The minimum absolute atomic E-state index is 0.0574. The number of aliphatic hydroxyl groups is 2. The van der Waals surface area contributed by atoms with Gasteiger partial charge in [0.25, 0.3) is 0 Å². The van der Waals surface area contributed by atoms with Gasteiger partial charge in [-0.25, -0.2) is 4.79 Å². The van der Waals surface area contributed by atoms with E-state index in [1.807, 2.05) is 0 Å². The highest BCUT2D eigenvalue weighted by Crippen LogP contribution is 2.10. The van der Waals surface area contributed by atoms with E-state index >= 15 is 0 Å². The number of benzene rings is 1. The molecule has 0 bridgehead atoms. The summed E-state index contributed by atoms with van der Waals surface area (Å²) >= 11 is 0. The van der Waals surface area contributed by atoms with Crippen LogP contribution in [0.4, 0.5) is 0 Å². The number of aliphatic hydroxyl groups excluding tert-OH is 2. The van der Waals surface area contributed by atoms with Crippen LogP contribution in [-0.2, 0) is 4.74 Å². The first kappa shape index (κ1) is 11.5. The summed E-state index contributed by atoms with van der Waals surface area (Å²) in [4.78, 5) is 11.3. The third-order valence-corrected chi connectivity index (χ3v) is 1.72. The molecule has 0 heterocycles. The maximum atomic E-state index is 11.3. The zero-order valence-electron chi connectivity index (χ0n) is 7.96. The Labute approximate surface area is 86.5 Å². The second kappa shape index (κ2) is 5.33. The minimum Gasteiger partial charge on any atom is -0.508 e. The van der Waals surface area contributed by atoms with Crippen molar-refractivity contribution in [3.8, 4) is 5.75 Å². The van der Waals surface area contributed by atoms with E-state index in [1.165, 1.54) is 24.3 Å². The highest BCUT2D eigenvalue weighted by Gasteiger charge is 2.09. The molecule has 5 heteroatoms.